The van der Waals surface area contributed by atoms with Gasteiger partial charge in [-0.3, -0.25) is 0 Å². The predicted octanol–water partition coefficient (Wildman–Crippen LogP) is 3.22. The van der Waals surface area contributed by atoms with E-state index in [1.165, 1.54) is 10.5 Å². The minimum atomic E-state index is 0.219. The van der Waals surface area contributed by atoms with Gasteiger partial charge in [-0.2, -0.15) is 0 Å². The Kier molecular flexibility index (Phi) is 6.63. The molecule has 1 rings (SSSR count). The Labute approximate surface area is 109 Å². The number of aliphatic hydroxyl groups excluding tert-OH is 1. The van der Waals surface area contributed by atoms with E-state index in [1.54, 1.807) is 11.8 Å². The molecule has 0 spiro atoms. The number of thioether (sulfide) groups is 1. The lowest BCUT2D eigenvalue weighted by atomic mass is 10.0. The fourth-order valence-corrected chi connectivity index (χ4v) is 2.86. The van der Waals surface area contributed by atoms with Crippen molar-refractivity contribution >= 4 is 11.8 Å². The van der Waals surface area contributed by atoms with Crippen LogP contribution < -0.4 is 5.32 Å². The Balaban J connectivity index is 2.89. The maximum absolute atomic E-state index is 9.15. The van der Waals surface area contributed by atoms with Gasteiger partial charge in [0.1, 0.15) is 0 Å². The van der Waals surface area contributed by atoms with Crippen LogP contribution in [0.1, 0.15) is 38.8 Å². The van der Waals surface area contributed by atoms with Gasteiger partial charge < -0.3 is 10.4 Å². The van der Waals surface area contributed by atoms with E-state index in [1.807, 2.05) is 0 Å². The highest BCUT2D eigenvalue weighted by Crippen LogP contribution is 2.31. The van der Waals surface area contributed by atoms with E-state index >= 15 is 0 Å². The second kappa shape index (κ2) is 7.75. The van der Waals surface area contributed by atoms with Crippen LogP contribution in [0.15, 0.2) is 29.2 Å². The Morgan fingerprint density at radius 2 is 2.00 bits per heavy atom. The number of aliphatic hydroxyl groups is 1. The van der Waals surface area contributed by atoms with Gasteiger partial charge in [0.15, 0.2) is 0 Å². The van der Waals surface area contributed by atoms with Crippen LogP contribution in [0.4, 0.5) is 0 Å². The molecular weight excluding hydrogens is 230 g/mol. The fraction of sp³-hybridized carbons (Fsp3) is 0.571. The van der Waals surface area contributed by atoms with Gasteiger partial charge in [0, 0.05) is 16.2 Å². The smallest absolute Gasteiger partial charge is 0.0550 e. The zero-order chi connectivity index (χ0) is 12.7. The molecule has 2 nitrogen and oxygen atoms in total. The molecule has 2 N–H and O–H groups in total. The molecule has 0 saturated heterocycles. The molecule has 0 heterocycles. The number of nitrogens with one attached hydrogen (secondary N) is 1. The molecule has 0 saturated carbocycles. The van der Waals surface area contributed by atoms with Crippen LogP contribution in [-0.2, 0) is 0 Å². The van der Waals surface area contributed by atoms with Gasteiger partial charge in [0.2, 0.25) is 0 Å². The van der Waals surface area contributed by atoms with Crippen molar-refractivity contribution in [2.24, 2.45) is 0 Å². The topological polar surface area (TPSA) is 32.3 Å². The SMILES string of the molecule is CCNC(CC)c1ccccc1SC(C)CO. The molecule has 96 valence electrons. The first-order valence-corrected chi connectivity index (χ1v) is 7.20. The monoisotopic (exact) mass is 253 g/mol. The lowest BCUT2D eigenvalue weighted by molar-refractivity contribution is 0.300. The molecule has 0 aliphatic carbocycles. The van der Waals surface area contributed by atoms with Crippen LogP contribution in [0.25, 0.3) is 0 Å². The number of benzene rings is 1. The van der Waals surface area contributed by atoms with E-state index in [2.05, 4.69) is 50.4 Å². The minimum absolute atomic E-state index is 0.219. The van der Waals surface area contributed by atoms with Crippen molar-refractivity contribution in [2.75, 3.05) is 13.2 Å². The fourth-order valence-electron chi connectivity index (χ4n) is 1.85. The molecule has 2 unspecified atom stereocenters. The van der Waals surface area contributed by atoms with Crippen molar-refractivity contribution in [3.05, 3.63) is 29.8 Å². The summed E-state index contributed by atoms with van der Waals surface area (Å²) < 4.78 is 0. The van der Waals surface area contributed by atoms with Gasteiger partial charge in [0.05, 0.1) is 6.61 Å². The van der Waals surface area contributed by atoms with Crippen LogP contribution in [0.2, 0.25) is 0 Å². The average Bonchev–Trinajstić information content (AvgIpc) is 2.36. The molecule has 0 aromatic heterocycles. The van der Waals surface area contributed by atoms with Crippen molar-refractivity contribution < 1.29 is 5.11 Å². The summed E-state index contributed by atoms with van der Waals surface area (Å²) in [4.78, 5) is 1.28. The maximum Gasteiger partial charge on any atom is 0.0550 e. The third kappa shape index (κ3) is 4.34. The third-order valence-corrected chi connectivity index (χ3v) is 3.92. The third-order valence-electron chi connectivity index (χ3n) is 2.74. The summed E-state index contributed by atoms with van der Waals surface area (Å²) in [6.45, 7) is 7.58. The molecule has 0 aliphatic rings. The van der Waals surface area contributed by atoms with Crippen LogP contribution in [0.3, 0.4) is 0 Å². The molecule has 3 heteroatoms. The number of hydrogen-bond donors (Lipinski definition) is 2. The van der Waals surface area contributed by atoms with E-state index in [-0.39, 0.29) is 11.9 Å². The van der Waals surface area contributed by atoms with E-state index in [0.29, 0.717) is 6.04 Å². The van der Waals surface area contributed by atoms with Gasteiger partial charge in [0.25, 0.3) is 0 Å². The standard InChI is InChI=1S/C14H23NOS/c1-4-13(15-5-2)12-8-6-7-9-14(12)17-11(3)10-16/h6-9,11,13,15-16H,4-5,10H2,1-3H3. The van der Waals surface area contributed by atoms with E-state index in [9.17, 15) is 0 Å². The molecule has 0 bridgehead atoms. The average molecular weight is 253 g/mol. The Morgan fingerprint density at radius 3 is 2.59 bits per heavy atom. The Hall–Kier alpha value is -0.510. The molecule has 2 atom stereocenters. The predicted molar refractivity (Wildman–Crippen MR) is 75.6 cm³/mol. The first-order chi connectivity index (χ1) is 8.22. The van der Waals surface area contributed by atoms with Crippen LogP contribution in [0.5, 0.6) is 0 Å². The lowest BCUT2D eigenvalue weighted by Crippen LogP contribution is -2.20. The van der Waals surface area contributed by atoms with Crippen molar-refractivity contribution in [3.63, 3.8) is 0 Å². The quantitative estimate of drug-likeness (QED) is 0.732. The zero-order valence-electron chi connectivity index (χ0n) is 10.9. The van der Waals surface area contributed by atoms with Gasteiger partial charge in [-0.05, 0) is 24.6 Å². The first kappa shape index (κ1) is 14.6. The molecule has 1 aromatic rings. The summed E-state index contributed by atoms with van der Waals surface area (Å²) in [5.41, 5.74) is 1.35. The summed E-state index contributed by atoms with van der Waals surface area (Å²) in [6, 6.07) is 8.89. The first-order valence-electron chi connectivity index (χ1n) is 6.32. The van der Waals surface area contributed by atoms with Gasteiger partial charge >= 0.3 is 0 Å². The molecule has 0 amide bonds. The van der Waals surface area contributed by atoms with Gasteiger partial charge in [-0.1, -0.05) is 39.0 Å². The largest absolute Gasteiger partial charge is 0.395 e. The second-order valence-corrected chi connectivity index (χ2v) is 5.65. The number of rotatable bonds is 7. The molecular formula is C14H23NOS. The van der Waals surface area contributed by atoms with Crippen molar-refractivity contribution in [1.82, 2.24) is 5.32 Å². The highest BCUT2D eigenvalue weighted by molar-refractivity contribution is 8.00. The molecule has 0 radical (unpaired) electrons. The van der Waals surface area contributed by atoms with E-state index < -0.39 is 0 Å². The normalized spacial score (nSPS) is 14.6. The van der Waals surface area contributed by atoms with Crippen LogP contribution in [0, 0.1) is 0 Å². The van der Waals surface area contributed by atoms with Gasteiger partial charge in [-0.15, -0.1) is 11.8 Å². The van der Waals surface area contributed by atoms with Crippen LogP contribution in [-0.4, -0.2) is 23.5 Å². The second-order valence-electron chi connectivity index (χ2n) is 4.17. The van der Waals surface area contributed by atoms with Crippen LogP contribution >= 0.6 is 11.8 Å². The zero-order valence-corrected chi connectivity index (χ0v) is 11.8. The summed E-state index contributed by atoms with van der Waals surface area (Å²) >= 11 is 1.75. The summed E-state index contributed by atoms with van der Waals surface area (Å²) in [5, 5.41) is 12.9. The van der Waals surface area contributed by atoms with Crippen molar-refractivity contribution in [1.29, 1.82) is 0 Å². The van der Waals surface area contributed by atoms with Crippen molar-refractivity contribution in [2.45, 2.75) is 43.4 Å². The highest BCUT2D eigenvalue weighted by Gasteiger charge is 2.14. The minimum Gasteiger partial charge on any atom is -0.395 e. The van der Waals surface area contributed by atoms with Crippen molar-refractivity contribution in [3.8, 4) is 0 Å². The summed E-state index contributed by atoms with van der Waals surface area (Å²) in [5.74, 6) is 0. The lowest BCUT2D eigenvalue weighted by Gasteiger charge is -2.20. The summed E-state index contributed by atoms with van der Waals surface area (Å²) in [7, 11) is 0. The molecule has 17 heavy (non-hydrogen) atoms. The van der Waals surface area contributed by atoms with E-state index in [4.69, 9.17) is 5.11 Å². The molecule has 0 fully saturated rings. The van der Waals surface area contributed by atoms with E-state index in [0.717, 1.165) is 13.0 Å². The molecule has 0 aliphatic heterocycles. The Morgan fingerprint density at radius 1 is 1.29 bits per heavy atom. The highest BCUT2D eigenvalue weighted by atomic mass is 32.2. The summed E-state index contributed by atoms with van der Waals surface area (Å²) in [6.07, 6.45) is 1.08. The maximum atomic E-state index is 9.15. The Bertz CT molecular complexity index is 330. The number of hydrogen-bond acceptors (Lipinski definition) is 3. The molecule has 1 aromatic carbocycles. The van der Waals surface area contributed by atoms with Gasteiger partial charge in [-0.25, -0.2) is 0 Å².